The van der Waals surface area contributed by atoms with Crippen LogP contribution in [0.3, 0.4) is 0 Å². The Kier molecular flexibility index (Phi) is 3.08. The Hall–Kier alpha value is -1.73. The Balaban J connectivity index is 1.83. The number of hydrogen-bond donors (Lipinski definition) is 0. The third-order valence-corrected chi connectivity index (χ3v) is 4.93. The number of esters is 1. The molecule has 0 amide bonds. The summed E-state index contributed by atoms with van der Waals surface area (Å²) in [4.78, 5) is 18.5. The van der Waals surface area contributed by atoms with Gasteiger partial charge in [0.15, 0.2) is 0 Å². The first-order chi connectivity index (χ1) is 9.16. The molecule has 1 atom stereocenters. The van der Waals surface area contributed by atoms with Gasteiger partial charge in [0, 0.05) is 0 Å². The molecule has 0 bridgehead atoms. The van der Waals surface area contributed by atoms with Crippen LogP contribution in [0.2, 0.25) is 0 Å². The van der Waals surface area contributed by atoms with Gasteiger partial charge < -0.3 is 4.74 Å². The quantitative estimate of drug-likeness (QED) is 0.696. The SMILES string of the molecule is Cc1c([C@@H](C)OC(=O)c2cccs2)sc2ncnn12. The number of nitrogens with zero attached hydrogens (tertiary/aromatic N) is 3. The summed E-state index contributed by atoms with van der Waals surface area (Å²) in [6.07, 6.45) is 1.22. The molecule has 7 heteroatoms. The number of thiophene rings is 1. The molecule has 0 saturated heterocycles. The van der Waals surface area contributed by atoms with Crippen molar-refractivity contribution >= 4 is 33.6 Å². The van der Waals surface area contributed by atoms with Gasteiger partial charge in [-0.1, -0.05) is 17.4 Å². The molecule has 3 rings (SSSR count). The molecule has 0 unspecified atom stereocenters. The summed E-state index contributed by atoms with van der Waals surface area (Å²) in [7, 11) is 0. The molecule has 0 spiro atoms. The van der Waals surface area contributed by atoms with E-state index in [9.17, 15) is 4.79 Å². The molecule has 3 heterocycles. The minimum atomic E-state index is -0.303. The number of ether oxygens (including phenoxy) is 1. The second-order valence-corrected chi connectivity index (χ2v) is 5.99. The van der Waals surface area contributed by atoms with E-state index in [1.54, 1.807) is 10.6 Å². The predicted octanol–water partition coefficient (Wildman–Crippen LogP) is 3.08. The monoisotopic (exact) mass is 293 g/mol. The van der Waals surface area contributed by atoms with Crippen molar-refractivity contribution in [1.82, 2.24) is 14.6 Å². The molecular formula is C12H11N3O2S2. The molecule has 0 radical (unpaired) electrons. The lowest BCUT2D eigenvalue weighted by Crippen LogP contribution is -2.08. The van der Waals surface area contributed by atoms with Gasteiger partial charge in [0.05, 0.1) is 10.6 Å². The number of aromatic nitrogens is 3. The van der Waals surface area contributed by atoms with Gasteiger partial charge in [-0.2, -0.15) is 5.10 Å². The number of thiazole rings is 1. The van der Waals surface area contributed by atoms with Gasteiger partial charge in [-0.15, -0.1) is 11.3 Å². The van der Waals surface area contributed by atoms with Crippen LogP contribution in [-0.2, 0) is 4.74 Å². The second-order valence-electron chi connectivity index (χ2n) is 4.03. The van der Waals surface area contributed by atoms with E-state index in [0.717, 1.165) is 15.5 Å². The standard InChI is InChI=1S/C12H11N3O2S2/c1-7-10(19-12-13-6-14-15(7)12)8(2)17-11(16)9-4-3-5-18-9/h3-6,8H,1-2H3/t8-/m1/s1. The normalized spacial score (nSPS) is 12.7. The third kappa shape index (κ3) is 2.15. The van der Waals surface area contributed by atoms with Crippen LogP contribution < -0.4 is 0 Å². The Bertz CT molecular complexity index is 715. The Labute approximate surface area is 117 Å². The van der Waals surface area contributed by atoms with Crippen LogP contribution in [0.15, 0.2) is 23.8 Å². The molecule has 98 valence electrons. The molecule has 0 aliphatic heterocycles. The van der Waals surface area contributed by atoms with Gasteiger partial charge >= 0.3 is 5.97 Å². The van der Waals surface area contributed by atoms with E-state index in [1.807, 2.05) is 25.3 Å². The topological polar surface area (TPSA) is 56.5 Å². The van der Waals surface area contributed by atoms with Crippen molar-refractivity contribution < 1.29 is 9.53 Å². The molecular weight excluding hydrogens is 282 g/mol. The van der Waals surface area contributed by atoms with Crippen LogP contribution in [0.5, 0.6) is 0 Å². The zero-order chi connectivity index (χ0) is 13.4. The third-order valence-electron chi connectivity index (χ3n) is 2.77. The number of rotatable bonds is 3. The first-order valence-electron chi connectivity index (χ1n) is 5.70. The lowest BCUT2D eigenvalue weighted by Gasteiger charge is -2.11. The highest BCUT2D eigenvalue weighted by atomic mass is 32.1. The lowest BCUT2D eigenvalue weighted by atomic mass is 10.3. The summed E-state index contributed by atoms with van der Waals surface area (Å²) in [5.74, 6) is -0.291. The zero-order valence-corrected chi connectivity index (χ0v) is 12.0. The molecule has 0 aromatic carbocycles. The van der Waals surface area contributed by atoms with E-state index in [4.69, 9.17) is 4.74 Å². The molecule has 0 aliphatic carbocycles. The minimum absolute atomic E-state index is 0.291. The first kappa shape index (κ1) is 12.3. The van der Waals surface area contributed by atoms with Crippen molar-refractivity contribution in [2.75, 3.05) is 0 Å². The maximum Gasteiger partial charge on any atom is 0.348 e. The smallest absolute Gasteiger partial charge is 0.348 e. The van der Waals surface area contributed by atoms with Crippen LogP contribution in [-0.4, -0.2) is 20.6 Å². The maximum atomic E-state index is 11.9. The molecule has 5 nitrogen and oxygen atoms in total. The van der Waals surface area contributed by atoms with Crippen LogP contribution in [0.4, 0.5) is 0 Å². The number of aryl methyl sites for hydroxylation is 1. The van der Waals surface area contributed by atoms with Crippen molar-refractivity contribution in [3.05, 3.63) is 39.3 Å². The van der Waals surface area contributed by atoms with Gasteiger partial charge in [-0.3, -0.25) is 0 Å². The average Bonchev–Trinajstić information content (AvgIpc) is 3.07. The van der Waals surface area contributed by atoms with Crippen LogP contribution in [0.25, 0.3) is 4.96 Å². The highest BCUT2D eigenvalue weighted by molar-refractivity contribution is 7.17. The molecule has 0 N–H and O–H groups in total. The molecule has 19 heavy (non-hydrogen) atoms. The fourth-order valence-corrected chi connectivity index (χ4v) is 3.47. The fraction of sp³-hybridized carbons (Fsp3) is 0.250. The highest BCUT2D eigenvalue weighted by Gasteiger charge is 2.20. The van der Waals surface area contributed by atoms with Crippen molar-refractivity contribution in [3.8, 4) is 0 Å². The summed E-state index contributed by atoms with van der Waals surface area (Å²) in [6.45, 7) is 3.81. The summed E-state index contributed by atoms with van der Waals surface area (Å²) >= 11 is 2.87. The van der Waals surface area contributed by atoms with Crippen LogP contribution in [0, 0.1) is 6.92 Å². The minimum Gasteiger partial charge on any atom is -0.453 e. The number of fused-ring (bicyclic) bond motifs is 1. The zero-order valence-electron chi connectivity index (χ0n) is 10.4. The number of hydrogen-bond acceptors (Lipinski definition) is 6. The maximum absolute atomic E-state index is 11.9. The van der Waals surface area contributed by atoms with E-state index in [1.165, 1.54) is 29.0 Å². The second kappa shape index (κ2) is 4.75. The van der Waals surface area contributed by atoms with Gasteiger partial charge in [0.2, 0.25) is 4.96 Å². The molecule has 0 fully saturated rings. The Morgan fingerprint density at radius 2 is 2.37 bits per heavy atom. The van der Waals surface area contributed by atoms with Gasteiger partial charge in [-0.25, -0.2) is 14.3 Å². The van der Waals surface area contributed by atoms with Gasteiger partial charge in [-0.05, 0) is 25.3 Å². The van der Waals surface area contributed by atoms with E-state index in [0.29, 0.717) is 4.88 Å². The van der Waals surface area contributed by atoms with E-state index >= 15 is 0 Å². The molecule has 3 aromatic heterocycles. The average molecular weight is 293 g/mol. The molecule has 3 aromatic rings. The first-order valence-corrected chi connectivity index (χ1v) is 7.40. The van der Waals surface area contributed by atoms with Crippen molar-refractivity contribution in [1.29, 1.82) is 0 Å². The Morgan fingerprint density at radius 1 is 1.53 bits per heavy atom. The summed E-state index contributed by atoms with van der Waals surface area (Å²) in [6, 6.07) is 3.59. The van der Waals surface area contributed by atoms with Gasteiger partial charge in [0.1, 0.15) is 17.3 Å². The molecule has 0 aliphatic rings. The fourth-order valence-electron chi connectivity index (χ4n) is 1.85. The highest BCUT2D eigenvalue weighted by Crippen LogP contribution is 2.30. The summed E-state index contributed by atoms with van der Waals surface area (Å²) in [5, 5.41) is 5.98. The van der Waals surface area contributed by atoms with Crippen molar-refractivity contribution in [2.24, 2.45) is 0 Å². The lowest BCUT2D eigenvalue weighted by molar-refractivity contribution is 0.0349. The van der Waals surface area contributed by atoms with Crippen LogP contribution in [0.1, 0.15) is 33.3 Å². The Morgan fingerprint density at radius 3 is 3.05 bits per heavy atom. The van der Waals surface area contributed by atoms with E-state index in [2.05, 4.69) is 10.1 Å². The number of carbonyl (C=O) groups excluding carboxylic acids is 1. The number of carbonyl (C=O) groups is 1. The predicted molar refractivity (Wildman–Crippen MR) is 73.8 cm³/mol. The summed E-state index contributed by atoms with van der Waals surface area (Å²) < 4.78 is 7.23. The largest absolute Gasteiger partial charge is 0.453 e. The summed E-state index contributed by atoms with van der Waals surface area (Å²) in [5.41, 5.74) is 0.962. The van der Waals surface area contributed by atoms with E-state index in [-0.39, 0.29) is 12.1 Å². The van der Waals surface area contributed by atoms with Crippen molar-refractivity contribution in [3.63, 3.8) is 0 Å². The molecule has 0 saturated carbocycles. The van der Waals surface area contributed by atoms with Crippen LogP contribution >= 0.6 is 22.7 Å². The van der Waals surface area contributed by atoms with E-state index < -0.39 is 0 Å². The van der Waals surface area contributed by atoms with Gasteiger partial charge in [0.25, 0.3) is 0 Å². The van der Waals surface area contributed by atoms with Crippen molar-refractivity contribution in [2.45, 2.75) is 20.0 Å².